The van der Waals surface area contributed by atoms with Crippen LogP contribution in [0.1, 0.15) is 18.4 Å². The van der Waals surface area contributed by atoms with E-state index in [4.69, 9.17) is 4.52 Å². The van der Waals surface area contributed by atoms with Crippen molar-refractivity contribution in [2.45, 2.75) is 25.8 Å². The Hall–Kier alpha value is -1.52. The Bertz CT molecular complexity index is 317. The Morgan fingerprint density at radius 2 is 2.46 bits per heavy atom. The van der Waals surface area contributed by atoms with Crippen molar-refractivity contribution in [3.8, 4) is 0 Å². The number of anilines is 1. The molecule has 0 saturated heterocycles. The zero-order chi connectivity index (χ0) is 9.26. The van der Waals surface area contributed by atoms with E-state index >= 15 is 0 Å². The van der Waals surface area contributed by atoms with E-state index in [0.29, 0.717) is 11.9 Å². The first-order chi connectivity index (χ1) is 6.25. The highest BCUT2D eigenvalue weighted by Gasteiger charge is 2.23. The largest absolute Gasteiger partial charge is 0.338 e. The SMILES string of the molecule is Cc1cnoc1NC(=O)NC1CC1. The first kappa shape index (κ1) is 8.10. The normalized spacial score (nSPS) is 15.5. The van der Waals surface area contributed by atoms with Gasteiger partial charge in [-0.15, -0.1) is 0 Å². The van der Waals surface area contributed by atoms with Gasteiger partial charge in [-0.05, 0) is 19.8 Å². The van der Waals surface area contributed by atoms with Crippen molar-refractivity contribution in [1.29, 1.82) is 0 Å². The van der Waals surface area contributed by atoms with E-state index in [9.17, 15) is 4.79 Å². The second-order valence-corrected chi connectivity index (χ2v) is 3.21. The number of nitrogens with zero attached hydrogens (tertiary/aromatic N) is 1. The van der Waals surface area contributed by atoms with Crippen LogP contribution in [-0.4, -0.2) is 17.2 Å². The van der Waals surface area contributed by atoms with Gasteiger partial charge in [0.15, 0.2) is 0 Å². The van der Waals surface area contributed by atoms with Gasteiger partial charge < -0.3 is 9.84 Å². The molecule has 0 radical (unpaired) electrons. The van der Waals surface area contributed by atoms with Gasteiger partial charge in [-0.1, -0.05) is 5.16 Å². The second kappa shape index (κ2) is 3.08. The first-order valence-electron chi connectivity index (χ1n) is 4.24. The van der Waals surface area contributed by atoms with Crippen LogP contribution in [0.25, 0.3) is 0 Å². The van der Waals surface area contributed by atoms with Crippen LogP contribution in [0, 0.1) is 6.92 Å². The standard InChI is InChI=1S/C8H11N3O2/c1-5-4-9-13-7(5)11-8(12)10-6-2-3-6/h4,6H,2-3H2,1H3,(H2,10,11,12). The Labute approximate surface area is 75.5 Å². The van der Waals surface area contributed by atoms with Crippen LogP contribution in [-0.2, 0) is 0 Å². The molecule has 5 heteroatoms. The highest BCUT2D eigenvalue weighted by Crippen LogP contribution is 2.19. The fraction of sp³-hybridized carbons (Fsp3) is 0.500. The summed E-state index contributed by atoms with van der Waals surface area (Å²) in [4.78, 5) is 11.2. The first-order valence-corrected chi connectivity index (χ1v) is 4.24. The molecule has 0 atom stereocenters. The highest BCUT2D eigenvalue weighted by molar-refractivity contribution is 5.88. The van der Waals surface area contributed by atoms with Crippen molar-refractivity contribution in [1.82, 2.24) is 10.5 Å². The molecule has 0 bridgehead atoms. The monoisotopic (exact) mass is 181 g/mol. The number of aromatic nitrogens is 1. The van der Waals surface area contributed by atoms with E-state index in [-0.39, 0.29) is 6.03 Å². The summed E-state index contributed by atoms with van der Waals surface area (Å²) in [5.41, 5.74) is 0.825. The zero-order valence-corrected chi connectivity index (χ0v) is 7.33. The van der Waals surface area contributed by atoms with Gasteiger partial charge in [0.1, 0.15) is 0 Å². The van der Waals surface area contributed by atoms with Crippen molar-refractivity contribution in [3.05, 3.63) is 11.8 Å². The average molecular weight is 181 g/mol. The Morgan fingerprint density at radius 3 is 3.00 bits per heavy atom. The molecule has 1 aliphatic carbocycles. The Kier molecular flexibility index (Phi) is 1.92. The van der Waals surface area contributed by atoms with Gasteiger partial charge in [-0.2, -0.15) is 0 Å². The number of carbonyl (C=O) groups is 1. The van der Waals surface area contributed by atoms with Crippen LogP contribution < -0.4 is 10.6 Å². The van der Waals surface area contributed by atoms with Gasteiger partial charge in [0.05, 0.1) is 6.20 Å². The third-order valence-electron chi connectivity index (χ3n) is 1.89. The molecule has 1 aliphatic rings. The molecule has 0 spiro atoms. The smallest absolute Gasteiger partial charge is 0.321 e. The molecule has 1 saturated carbocycles. The number of amides is 2. The number of aryl methyl sites for hydroxylation is 1. The summed E-state index contributed by atoms with van der Waals surface area (Å²) in [6, 6.07) is 0.130. The quantitative estimate of drug-likeness (QED) is 0.721. The summed E-state index contributed by atoms with van der Waals surface area (Å²) >= 11 is 0. The molecule has 0 aromatic carbocycles. The molecule has 2 amide bonds. The number of nitrogens with one attached hydrogen (secondary N) is 2. The second-order valence-electron chi connectivity index (χ2n) is 3.21. The number of hydrogen-bond acceptors (Lipinski definition) is 3. The maximum Gasteiger partial charge on any atom is 0.321 e. The maximum atomic E-state index is 11.2. The summed E-state index contributed by atoms with van der Waals surface area (Å²) in [5, 5.41) is 8.92. The molecule has 1 aromatic rings. The van der Waals surface area contributed by atoms with E-state index in [0.717, 1.165) is 18.4 Å². The maximum absolute atomic E-state index is 11.2. The molecule has 0 aliphatic heterocycles. The third kappa shape index (κ3) is 1.99. The molecule has 5 nitrogen and oxygen atoms in total. The van der Waals surface area contributed by atoms with Crippen LogP contribution in [0.2, 0.25) is 0 Å². The van der Waals surface area contributed by atoms with Crippen molar-refractivity contribution in [2.75, 3.05) is 5.32 Å². The molecule has 0 unspecified atom stereocenters. The average Bonchev–Trinajstić information content (AvgIpc) is 2.79. The van der Waals surface area contributed by atoms with Gasteiger partial charge in [0.25, 0.3) is 0 Å². The summed E-state index contributed by atoms with van der Waals surface area (Å²) < 4.78 is 4.81. The minimum atomic E-state index is -0.220. The molecular weight excluding hydrogens is 170 g/mol. The lowest BCUT2D eigenvalue weighted by Gasteiger charge is -2.02. The molecular formula is C8H11N3O2. The molecule has 1 heterocycles. The third-order valence-corrected chi connectivity index (χ3v) is 1.89. The van der Waals surface area contributed by atoms with Crippen molar-refractivity contribution in [3.63, 3.8) is 0 Å². The topological polar surface area (TPSA) is 67.2 Å². The van der Waals surface area contributed by atoms with Gasteiger partial charge in [0.2, 0.25) is 5.88 Å². The Balaban J connectivity index is 1.89. The minimum absolute atomic E-state index is 0.220. The number of rotatable bonds is 2. The lowest BCUT2D eigenvalue weighted by Crippen LogP contribution is -2.30. The van der Waals surface area contributed by atoms with Crippen LogP contribution in [0.15, 0.2) is 10.7 Å². The Morgan fingerprint density at radius 1 is 1.69 bits per heavy atom. The predicted molar refractivity (Wildman–Crippen MR) is 46.4 cm³/mol. The van der Waals surface area contributed by atoms with Crippen molar-refractivity contribution >= 4 is 11.9 Å². The van der Waals surface area contributed by atoms with Crippen LogP contribution in [0.4, 0.5) is 10.7 Å². The molecule has 1 aromatic heterocycles. The molecule has 13 heavy (non-hydrogen) atoms. The fourth-order valence-electron chi connectivity index (χ4n) is 0.962. The molecule has 2 rings (SSSR count). The van der Waals surface area contributed by atoms with Crippen LogP contribution in [0.5, 0.6) is 0 Å². The highest BCUT2D eigenvalue weighted by atomic mass is 16.5. The van der Waals surface area contributed by atoms with Gasteiger partial charge in [-0.25, -0.2) is 4.79 Å². The fourth-order valence-corrected chi connectivity index (χ4v) is 0.962. The van der Waals surface area contributed by atoms with E-state index in [1.165, 1.54) is 0 Å². The number of hydrogen-bond donors (Lipinski definition) is 2. The lowest BCUT2D eigenvalue weighted by molar-refractivity contribution is 0.251. The summed E-state index contributed by atoms with van der Waals surface area (Å²) in [7, 11) is 0. The van der Waals surface area contributed by atoms with E-state index in [2.05, 4.69) is 15.8 Å². The molecule has 2 N–H and O–H groups in total. The van der Waals surface area contributed by atoms with Crippen molar-refractivity contribution in [2.24, 2.45) is 0 Å². The van der Waals surface area contributed by atoms with Crippen molar-refractivity contribution < 1.29 is 9.32 Å². The van der Waals surface area contributed by atoms with E-state index in [1.54, 1.807) is 6.20 Å². The molecule has 1 fully saturated rings. The predicted octanol–water partition coefficient (Wildman–Crippen LogP) is 1.27. The van der Waals surface area contributed by atoms with Crippen LogP contribution >= 0.6 is 0 Å². The number of carbonyl (C=O) groups excluding carboxylic acids is 1. The summed E-state index contributed by atoms with van der Waals surface area (Å²) in [6.45, 7) is 1.82. The van der Waals surface area contributed by atoms with E-state index in [1.807, 2.05) is 6.92 Å². The minimum Gasteiger partial charge on any atom is -0.338 e. The van der Waals surface area contributed by atoms with Crippen LogP contribution in [0.3, 0.4) is 0 Å². The van der Waals surface area contributed by atoms with E-state index < -0.39 is 0 Å². The zero-order valence-electron chi connectivity index (χ0n) is 7.33. The van der Waals surface area contributed by atoms with Gasteiger partial charge in [-0.3, -0.25) is 5.32 Å². The number of urea groups is 1. The molecule has 70 valence electrons. The van der Waals surface area contributed by atoms with Gasteiger partial charge in [0, 0.05) is 11.6 Å². The summed E-state index contributed by atoms with van der Waals surface area (Å²) in [6.07, 6.45) is 3.71. The lowest BCUT2D eigenvalue weighted by atomic mass is 10.4. The van der Waals surface area contributed by atoms with Gasteiger partial charge >= 0.3 is 6.03 Å². The summed E-state index contributed by atoms with van der Waals surface area (Å²) in [5.74, 6) is 0.415.